The summed E-state index contributed by atoms with van der Waals surface area (Å²) in [6.45, 7) is 8.55. The molecule has 0 saturated carbocycles. The summed E-state index contributed by atoms with van der Waals surface area (Å²) in [6, 6.07) is 14.6. The zero-order valence-corrected chi connectivity index (χ0v) is 12.7. The molecule has 1 unspecified atom stereocenters. The van der Waals surface area contributed by atoms with Gasteiger partial charge >= 0.3 is 0 Å². The number of ether oxygens (including phenoxy) is 1. The van der Waals surface area contributed by atoms with Gasteiger partial charge in [0.25, 0.3) is 0 Å². The molecule has 0 saturated heterocycles. The molecule has 0 radical (unpaired) electrons. The third kappa shape index (κ3) is 4.53. The Morgan fingerprint density at radius 1 is 1.00 bits per heavy atom. The van der Waals surface area contributed by atoms with Crippen LogP contribution >= 0.6 is 0 Å². The highest BCUT2D eigenvalue weighted by atomic mass is 16.5. The predicted octanol–water partition coefficient (Wildman–Crippen LogP) is 4.24. The van der Waals surface area contributed by atoms with Crippen LogP contribution in [0.3, 0.4) is 0 Å². The van der Waals surface area contributed by atoms with E-state index in [2.05, 4.69) is 62.5 Å². The fourth-order valence-electron chi connectivity index (χ4n) is 2.21. The standard InChI is InChI=1S/C18H25NO/c1-14(2)10-11-19-13-15(3)20-18-9-8-16-6-4-5-7-17(16)12-18/h4-9,12,14-15,19H,10-11,13H2,1-3H3. The van der Waals surface area contributed by atoms with Crippen molar-refractivity contribution in [1.82, 2.24) is 5.32 Å². The average molecular weight is 271 g/mol. The second-order valence-electron chi connectivity index (χ2n) is 5.82. The molecule has 108 valence electrons. The van der Waals surface area contributed by atoms with Gasteiger partial charge in [0.1, 0.15) is 11.9 Å². The first-order valence-electron chi connectivity index (χ1n) is 7.51. The number of benzene rings is 2. The second kappa shape index (κ2) is 7.30. The summed E-state index contributed by atoms with van der Waals surface area (Å²) in [5.74, 6) is 1.70. The van der Waals surface area contributed by atoms with Crippen LogP contribution in [-0.2, 0) is 0 Å². The molecule has 2 aromatic carbocycles. The third-order valence-electron chi connectivity index (χ3n) is 3.39. The molecular formula is C18H25NO. The Morgan fingerprint density at radius 2 is 1.75 bits per heavy atom. The molecule has 0 fully saturated rings. The first-order valence-corrected chi connectivity index (χ1v) is 7.51. The fraction of sp³-hybridized carbons (Fsp3) is 0.444. The van der Waals surface area contributed by atoms with Gasteiger partial charge in [-0.1, -0.05) is 44.2 Å². The molecule has 0 bridgehead atoms. The summed E-state index contributed by atoms with van der Waals surface area (Å²) >= 11 is 0. The monoisotopic (exact) mass is 271 g/mol. The highest BCUT2D eigenvalue weighted by molar-refractivity contribution is 5.83. The van der Waals surface area contributed by atoms with E-state index in [-0.39, 0.29) is 6.10 Å². The molecule has 0 heterocycles. The van der Waals surface area contributed by atoms with Gasteiger partial charge in [0.2, 0.25) is 0 Å². The van der Waals surface area contributed by atoms with Gasteiger partial charge < -0.3 is 10.1 Å². The van der Waals surface area contributed by atoms with Crippen molar-refractivity contribution in [3.8, 4) is 5.75 Å². The number of rotatable bonds is 7. The van der Waals surface area contributed by atoms with Gasteiger partial charge in [0.05, 0.1) is 0 Å². The fourth-order valence-corrected chi connectivity index (χ4v) is 2.21. The second-order valence-corrected chi connectivity index (χ2v) is 5.82. The maximum absolute atomic E-state index is 5.97. The largest absolute Gasteiger partial charge is 0.489 e. The Hall–Kier alpha value is -1.54. The summed E-state index contributed by atoms with van der Waals surface area (Å²) in [5.41, 5.74) is 0. The van der Waals surface area contributed by atoms with Crippen molar-refractivity contribution in [2.75, 3.05) is 13.1 Å². The first-order chi connectivity index (χ1) is 9.65. The molecule has 0 aliphatic rings. The zero-order chi connectivity index (χ0) is 14.4. The summed E-state index contributed by atoms with van der Waals surface area (Å²) in [5, 5.41) is 5.93. The van der Waals surface area contributed by atoms with Gasteiger partial charge in [-0.3, -0.25) is 0 Å². The SMILES string of the molecule is CC(C)CCNCC(C)Oc1ccc2ccccc2c1. The van der Waals surface area contributed by atoms with Crippen LogP contribution < -0.4 is 10.1 Å². The molecule has 2 aromatic rings. The number of nitrogens with one attached hydrogen (secondary N) is 1. The topological polar surface area (TPSA) is 21.3 Å². The van der Waals surface area contributed by atoms with E-state index in [9.17, 15) is 0 Å². The van der Waals surface area contributed by atoms with Crippen LogP contribution in [0.4, 0.5) is 0 Å². The summed E-state index contributed by atoms with van der Waals surface area (Å²) in [4.78, 5) is 0. The Balaban J connectivity index is 1.84. The Kier molecular flexibility index (Phi) is 5.42. The molecular weight excluding hydrogens is 246 g/mol. The van der Waals surface area contributed by atoms with Crippen LogP contribution in [0.25, 0.3) is 10.8 Å². The van der Waals surface area contributed by atoms with E-state index in [0.29, 0.717) is 0 Å². The van der Waals surface area contributed by atoms with Crippen LogP contribution in [0.5, 0.6) is 5.75 Å². The molecule has 0 aliphatic heterocycles. The van der Waals surface area contributed by atoms with E-state index in [1.807, 2.05) is 6.07 Å². The first kappa shape index (κ1) is 14.9. The summed E-state index contributed by atoms with van der Waals surface area (Å²) in [6.07, 6.45) is 1.39. The van der Waals surface area contributed by atoms with E-state index in [1.165, 1.54) is 17.2 Å². The van der Waals surface area contributed by atoms with Gasteiger partial charge in [-0.05, 0) is 48.7 Å². The van der Waals surface area contributed by atoms with Crippen molar-refractivity contribution < 1.29 is 4.74 Å². The smallest absolute Gasteiger partial charge is 0.120 e. The summed E-state index contributed by atoms with van der Waals surface area (Å²) < 4.78 is 5.97. The number of hydrogen-bond acceptors (Lipinski definition) is 2. The number of hydrogen-bond donors (Lipinski definition) is 1. The maximum Gasteiger partial charge on any atom is 0.120 e. The average Bonchev–Trinajstić information content (AvgIpc) is 2.43. The molecule has 1 N–H and O–H groups in total. The molecule has 0 aliphatic carbocycles. The van der Waals surface area contributed by atoms with Crippen molar-refractivity contribution in [2.45, 2.75) is 33.3 Å². The van der Waals surface area contributed by atoms with Crippen LogP contribution in [0.2, 0.25) is 0 Å². The van der Waals surface area contributed by atoms with Gasteiger partial charge in [-0.2, -0.15) is 0 Å². The van der Waals surface area contributed by atoms with Crippen molar-refractivity contribution in [2.24, 2.45) is 5.92 Å². The molecule has 20 heavy (non-hydrogen) atoms. The van der Waals surface area contributed by atoms with Gasteiger partial charge in [-0.25, -0.2) is 0 Å². The van der Waals surface area contributed by atoms with E-state index >= 15 is 0 Å². The lowest BCUT2D eigenvalue weighted by Gasteiger charge is -2.16. The minimum Gasteiger partial charge on any atom is -0.489 e. The van der Waals surface area contributed by atoms with Gasteiger partial charge in [-0.15, -0.1) is 0 Å². The molecule has 0 aromatic heterocycles. The Morgan fingerprint density at radius 3 is 2.50 bits per heavy atom. The molecule has 2 heteroatoms. The Labute approximate surface area is 122 Å². The lowest BCUT2D eigenvalue weighted by Crippen LogP contribution is -2.30. The maximum atomic E-state index is 5.97. The minimum absolute atomic E-state index is 0.184. The van der Waals surface area contributed by atoms with Crippen molar-refractivity contribution in [1.29, 1.82) is 0 Å². The third-order valence-corrected chi connectivity index (χ3v) is 3.39. The van der Waals surface area contributed by atoms with E-state index in [4.69, 9.17) is 4.74 Å². The van der Waals surface area contributed by atoms with Crippen LogP contribution in [0, 0.1) is 5.92 Å². The van der Waals surface area contributed by atoms with Gasteiger partial charge in [0.15, 0.2) is 0 Å². The lowest BCUT2D eigenvalue weighted by molar-refractivity contribution is 0.217. The highest BCUT2D eigenvalue weighted by Crippen LogP contribution is 2.21. The molecule has 0 spiro atoms. The zero-order valence-electron chi connectivity index (χ0n) is 12.7. The molecule has 2 nitrogen and oxygen atoms in total. The van der Waals surface area contributed by atoms with Crippen LogP contribution in [0.1, 0.15) is 27.2 Å². The van der Waals surface area contributed by atoms with Crippen molar-refractivity contribution in [3.63, 3.8) is 0 Å². The van der Waals surface area contributed by atoms with Crippen molar-refractivity contribution in [3.05, 3.63) is 42.5 Å². The summed E-state index contributed by atoms with van der Waals surface area (Å²) in [7, 11) is 0. The minimum atomic E-state index is 0.184. The van der Waals surface area contributed by atoms with E-state index < -0.39 is 0 Å². The van der Waals surface area contributed by atoms with Crippen molar-refractivity contribution >= 4 is 10.8 Å². The normalized spacial score (nSPS) is 12.8. The number of fused-ring (bicyclic) bond motifs is 1. The molecule has 2 rings (SSSR count). The van der Waals surface area contributed by atoms with Gasteiger partial charge in [0, 0.05) is 6.54 Å². The highest BCUT2D eigenvalue weighted by Gasteiger charge is 2.04. The Bertz CT molecular complexity index is 536. The molecule has 0 amide bonds. The quantitative estimate of drug-likeness (QED) is 0.760. The van der Waals surface area contributed by atoms with Crippen LogP contribution in [0.15, 0.2) is 42.5 Å². The lowest BCUT2D eigenvalue weighted by atomic mass is 10.1. The predicted molar refractivity (Wildman–Crippen MR) is 86.4 cm³/mol. The van der Waals surface area contributed by atoms with Crippen LogP contribution in [-0.4, -0.2) is 19.2 Å². The molecule has 1 atom stereocenters. The van der Waals surface area contributed by atoms with E-state index in [1.54, 1.807) is 0 Å². The van der Waals surface area contributed by atoms with E-state index in [0.717, 1.165) is 24.8 Å².